The van der Waals surface area contributed by atoms with Crippen molar-refractivity contribution in [1.29, 1.82) is 0 Å². The fourth-order valence-electron chi connectivity index (χ4n) is 3.67. The Balaban J connectivity index is 1.64. The second-order valence-corrected chi connectivity index (χ2v) is 7.99. The molecule has 0 radical (unpaired) electrons. The van der Waals surface area contributed by atoms with Crippen LogP contribution in [0.15, 0.2) is 90.2 Å². The van der Waals surface area contributed by atoms with E-state index in [1.165, 1.54) is 23.2 Å². The molecule has 0 bridgehead atoms. The standard InChI is InChI=1S/C27H23N3O3/c1-19-7-10-29-24(11-19)26(32)16-25(31)23-14-21(12-20-5-3-2-4-6-20)13-22(15-23)17-30-18-28-9-8-27(30)33/h2-11,13-15,18H,12,16-17H2,1H3. The minimum atomic E-state index is -0.317. The summed E-state index contributed by atoms with van der Waals surface area (Å²) in [7, 11) is 0. The Hall–Kier alpha value is -4.19. The molecule has 0 saturated heterocycles. The van der Waals surface area contributed by atoms with Crippen molar-refractivity contribution in [3.8, 4) is 0 Å². The van der Waals surface area contributed by atoms with Crippen molar-refractivity contribution in [3.63, 3.8) is 0 Å². The number of hydrogen-bond acceptors (Lipinski definition) is 5. The average molecular weight is 437 g/mol. The zero-order chi connectivity index (χ0) is 23.2. The van der Waals surface area contributed by atoms with Gasteiger partial charge in [-0.05, 0) is 59.9 Å². The van der Waals surface area contributed by atoms with E-state index >= 15 is 0 Å². The molecule has 4 aromatic rings. The van der Waals surface area contributed by atoms with Gasteiger partial charge in [0, 0.05) is 24.0 Å². The van der Waals surface area contributed by atoms with E-state index in [1.54, 1.807) is 24.4 Å². The highest BCUT2D eigenvalue weighted by Gasteiger charge is 2.17. The van der Waals surface area contributed by atoms with Crippen LogP contribution in [-0.2, 0) is 13.0 Å². The maximum absolute atomic E-state index is 13.1. The van der Waals surface area contributed by atoms with E-state index in [9.17, 15) is 14.4 Å². The van der Waals surface area contributed by atoms with Crippen LogP contribution in [-0.4, -0.2) is 26.1 Å². The second-order valence-electron chi connectivity index (χ2n) is 7.99. The van der Waals surface area contributed by atoms with E-state index in [0.29, 0.717) is 12.0 Å². The first kappa shape index (κ1) is 22.0. The van der Waals surface area contributed by atoms with E-state index in [1.807, 2.05) is 49.4 Å². The maximum atomic E-state index is 13.1. The lowest BCUT2D eigenvalue weighted by Gasteiger charge is -2.11. The van der Waals surface area contributed by atoms with Crippen LogP contribution in [0.5, 0.6) is 0 Å². The molecule has 4 rings (SSSR count). The largest absolute Gasteiger partial charge is 0.295 e. The lowest BCUT2D eigenvalue weighted by molar-refractivity contribution is 0.0891. The Labute approximate surface area is 191 Å². The second kappa shape index (κ2) is 9.96. The molecule has 0 spiro atoms. The third-order valence-corrected chi connectivity index (χ3v) is 5.29. The van der Waals surface area contributed by atoms with Crippen LogP contribution < -0.4 is 5.56 Å². The molecule has 0 aliphatic carbocycles. The van der Waals surface area contributed by atoms with Gasteiger partial charge in [-0.25, -0.2) is 4.98 Å². The molecule has 2 aromatic carbocycles. The third-order valence-electron chi connectivity index (χ3n) is 5.29. The molecule has 0 saturated carbocycles. The highest BCUT2D eigenvalue weighted by molar-refractivity contribution is 6.13. The van der Waals surface area contributed by atoms with Crippen LogP contribution in [0.25, 0.3) is 0 Å². The number of Topliss-reactive ketones (excluding diaryl/α,β-unsaturated/α-hetero) is 2. The predicted octanol–water partition coefficient (Wildman–Crippen LogP) is 4.04. The van der Waals surface area contributed by atoms with Gasteiger partial charge in [0.1, 0.15) is 5.69 Å². The van der Waals surface area contributed by atoms with Gasteiger partial charge < -0.3 is 0 Å². The molecule has 0 unspecified atom stereocenters. The number of benzene rings is 2. The molecular formula is C27H23N3O3. The summed E-state index contributed by atoms with van der Waals surface area (Å²) in [6, 6.07) is 20.4. The Kier molecular flexibility index (Phi) is 6.64. The molecule has 6 nitrogen and oxygen atoms in total. The van der Waals surface area contributed by atoms with Gasteiger partial charge in [-0.3, -0.25) is 23.9 Å². The fraction of sp³-hybridized carbons (Fsp3) is 0.148. The summed E-state index contributed by atoms with van der Waals surface area (Å²) in [5, 5.41) is 0. The summed E-state index contributed by atoms with van der Waals surface area (Å²) in [6.45, 7) is 2.16. The summed E-state index contributed by atoms with van der Waals surface area (Å²) in [5.74, 6) is -0.597. The number of carbonyl (C=O) groups is 2. The summed E-state index contributed by atoms with van der Waals surface area (Å²) in [4.78, 5) is 46.0. The Morgan fingerprint density at radius 3 is 2.39 bits per heavy atom. The molecule has 0 aliphatic rings. The van der Waals surface area contributed by atoms with E-state index in [4.69, 9.17) is 0 Å². The normalized spacial score (nSPS) is 10.7. The number of carbonyl (C=O) groups excluding carboxylic acids is 2. The van der Waals surface area contributed by atoms with Gasteiger partial charge in [-0.2, -0.15) is 0 Å². The number of ketones is 2. The van der Waals surface area contributed by atoms with Gasteiger partial charge in [-0.15, -0.1) is 0 Å². The molecular weight excluding hydrogens is 414 g/mol. The molecule has 33 heavy (non-hydrogen) atoms. The third kappa shape index (κ3) is 5.74. The van der Waals surface area contributed by atoms with Crippen molar-refractivity contribution in [3.05, 3.63) is 129 Å². The highest BCUT2D eigenvalue weighted by atomic mass is 16.1. The number of aromatic nitrogens is 3. The molecule has 6 heteroatoms. The van der Waals surface area contributed by atoms with Gasteiger partial charge in [0.2, 0.25) is 0 Å². The predicted molar refractivity (Wildman–Crippen MR) is 126 cm³/mol. The number of rotatable bonds is 8. The topological polar surface area (TPSA) is 81.9 Å². The lowest BCUT2D eigenvalue weighted by Crippen LogP contribution is -2.19. The van der Waals surface area contributed by atoms with E-state index in [-0.39, 0.29) is 35.8 Å². The summed E-state index contributed by atoms with van der Waals surface area (Å²) in [6.07, 6.45) is 4.85. The van der Waals surface area contributed by atoms with Crippen LogP contribution >= 0.6 is 0 Å². The van der Waals surface area contributed by atoms with Crippen molar-refractivity contribution in [2.75, 3.05) is 0 Å². The van der Waals surface area contributed by atoms with Gasteiger partial charge in [0.05, 0.1) is 19.3 Å². The Morgan fingerprint density at radius 2 is 1.64 bits per heavy atom. The van der Waals surface area contributed by atoms with Gasteiger partial charge >= 0.3 is 0 Å². The van der Waals surface area contributed by atoms with Gasteiger partial charge in [-0.1, -0.05) is 36.4 Å². The highest BCUT2D eigenvalue weighted by Crippen LogP contribution is 2.18. The van der Waals surface area contributed by atoms with Gasteiger partial charge in [0.15, 0.2) is 11.6 Å². The zero-order valence-electron chi connectivity index (χ0n) is 18.3. The van der Waals surface area contributed by atoms with Crippen LogP contribution in [0, 0.1) is 6.92 Å². The van der Waals surface area contributed by atoms with Crippen LogP contribution in [0.1, 0.15) is 49.5 Å². The summed E-state index contributed by atoms with van der Waals surface area (Å²) in [5.41, 5.74) is 4.29. The minimum Gasteiger partial charge on any atom is -0.295 e. The maximum Gasteiger partial charge on any atom is 0.253 e. The Bertz CT molecular complexity index is 1360. The molecule has 0 aliphatic heterocycles. The number of pyridine rings is 1. The van der Waals surface area contributed by atoms with E-state index < -0.39 is 0 Å². The fourth-order valence-corrected chi connectivity index (χ4v) is 3.67. The lowest BCUT2D eigenvalue weighted by atomic mass is 9.96. The van der Waals surface area contributed by atoms with Crippen LogP contribution in [0.4, 0.5) is 0 Å². The molecule has 0 fully saturated rings. The van der Waals surface area contributed by atoms with Crippen molar-refractivity contribution in [1.82, 2.24) is 14.5 Å². The molecule has 0 atom stereocenters. The quantitative estimate of drug-likeness (QED) is 0.307. The number of hydrogen-bond donors (Lipinski definition) is 0. The van der Waals surface area contributed by atoms with E-state index in [2.05, 4.69) is 9.97 Å². The molecule has 2 aromatic heterocycles. The molecule has 0 amide bonds. The van der Waals surface area contributed by atoms with Crippen molar-refractivity contribution in [2.24, 2.45) is 0 Å². The average Bonchev–Trinajstić information content (AvgIpc) is 2.81. The van der Waals surface area contributed by atoms with Crippen LogP contribution in [0.3, 0.4) is 0 Å². The first-order valence-electron chi connectivity index (χ1n) is 10.6. The zero-order valence-corrected chi connectivity index (χ0v) is 18.3. The first-order chi connectivity index (χ1) is 16.0. The van der Waals surface area contributed by atoms with Crippen LogP contribution in [0.2, 0.25) is 0 Å². The first-order valence-corrected chi connectivity index (χ1v) is 10.6. The van der Waals surface area contributed by atoms with Crippen molar-refractivity contribution in [2.45, 2.75) is 26.3 Å². The summed E-state index contributed by atoms with van der Waals surface area (Å²) >= 11 is 0. The minimum absolute atomic E-state index is 0.174. The van der Waals surface area contributed by atoms with E-state index in [0.717, 1.165) is 22.3 Å². The smallest absolute Gasteiger partial charge is 0.253 e. The van der Waals surface area contributed by atoms with Gasteiger partial charge in [0.25, 0.3) is 5.56 Å². The molecule has 0 N–H and O–H groups in total. The number of aryl methyl sites for hydroxylation is 1. The SMILES string of the molecule is Cc1ccnc(C(=O)CC(=O)c2cc(Cc3ccccc3)cc(Cn3cnccc3=O)c2)c1. The number of nitrogens with zero attached hydrogens (tertiary/aromatic N) is 3. The monoisotopic (exact) mass is 437 g/mol. The Morgan fingerprint density at radius 1 is 0.848 bits per heavy atom. The summed E-state index contributed by atoms with van der Waals surface area (Å²) < 4.78 is 1.48. The molecule has 2 heterocycles. The van der Waals surface area contributed by atoms with Crippen molar-refractivity contribution < 1.29 is 9.59 Å². The molecule has 164 valence electrons. The van der Waals surface area contributed by atoms with Crippen molar-refractivity contribution >= 4 is 11.6 Å².